The molecule has 2 aliphatic rings. The number of benzene rings is 9. The minimum atomic E-state index is -0.637. The smallest absolute Gasteiger partial charge is 0.164 e. The monoisotopic (exact) mass is 749 g/mol. The highest BCUT2D eigenvalue weighted by atomic mass is 15.0. The summed E-state index contributed by atoms with van der Waals surface area (Å²) in [6, 6.07) is 76.5. The molecule has 10 aromatic rings. The first-order valence-corrected chi connectivity index (χ1v) is 20.2. The Morgan fingerprint density at radius 3 is 1.42 bits per heavy atom. The van der Waals surface area contributed by atoms with E-state index in [0.29, 0.717) is 17.5 Å². The zero-order valence-electron chi connectivity index (χ0n) is 32.0. The second-order valence-corrected chi connectivity index (χ2v) is 15.5. The van der Waals surface area contributed by atoms with Gasteiger partial charge in [-0.2, -0.15) is 0 Å². The number of fused-ring (bicyclic) bond motifs is 14. The van der Waals surface area contributed by atoms with Gasteiger partial charge in [0.15, 0.2) is 17.5 Å². The average molecular weight is 750 g/mol. The molecule has 0 amide bonds. The van der Waals surface area contributed by atoms with E-state index >= 15 is 0 Å². The van der Waals surface area contributed by atoms with Crippen molar-refractivity contribution in [1.82, 2.24) is 15.0 Å². The first kappa shape index (κ1) is 33.4. The van der Waals surface area contributed by atoms with Gasteiger partial charge in [0.05, 0.1) is 5.41 Å². The van der Waals surface area contributed by atoms with Crippen LogP contribution in [0.2, 0.25) is 0 Å². The van der Waals surface area contributed by atoms with Gasteiger partial charge in [0.1, 0.15) is 0 Å². The fraction of sp³-hybridized carbons (Fsp3) is 0.0179. The topological polar surface area (TPSA) is 38.7 Å². The Balaban J connectivity index is 1.15. The van der Waals surface area contributed by atoms with Gasteiger partial charge in [-0.05, 0) is 83.6 Å². The van der Waals surface area contributed by atoms with Crippen LogP contribution in [0.25, 0.3) is 89.4 Å². The summed E-state index contributed by atoms with van der Waals surface area (Å²) in [6.45, 7) is 0. The van der Waals surface area contributed by atoms with Crippen molar-refractivity contribution >= 4 is 10.8 Å². The van der Waals surface area contributed by atoms with Crippen LogP contribution in [0.3, 0.4) is 0 Å². The summed E-state index contributed by atoms with van der Waals surface area (Å²) in [7, 11) is 0. The van der Waals surface area contributed by atoms with Gasteiger partial charge < -0.3 is 0 Å². The van der Waals surface area contributed by atoms with E-state index in [0.717, 1.165) is 22.3 Å². The number of hydrogen-bond donors (Lipinski definition) is 0. The van der Waals surface area contributed by atoms with E-state index in [-0.39, 0.29) is 0 Å². The quantitative estimate of drug-likeness (QED) is 0.180. The van der Waals surface area contributed by atoms with Crippen molar-refractivity contribution in [2.75, 3.05) is 0 Å². The van der Waals surface area contributed by atoms with E-state index < -0.39 is 5.41 Å². The lowest BCUT2D eigenvalue weighted by molar-refractivity contribution is 0.776. The molecule has 1 spiro atoms. The van der Waals surface area contributed by atoms with Crippen LogP contribution in [0.5, 0.6) is 0 Å². The summed E-state index contributed by atoms with van der Waals surface area (Å²) in [5.74, 6) is 1.91. The Bertz CT molecular complexity index is 3260. The lowest BCUT2D eigenvalue weighted by Crippen LogP contribution is -2.29. The van der Waals surface area contributed by atoms with Gasteiger partial charge in [-0.3, -0.25) is 0 Å². The van der Waals surface area contributed by atoms with Crippen LogP contribution < -0.4 is 0 Å². The summed E-state index contributed by atoms with van der Waals surface area (Å²) in [4.78, 5) is 15.6. The summed E-state index contributed by atoms with van der Waals surface area (Å²) in [6.07, 6.45) is 0. The van der Waals surface area contributed by atoms with Crippen LogP contribution in [-0.2, 0) is 5.41 Å². The molecule has 1 heterocycles. The van der Waals surface area contributed by atoms with Crippen molar-refractivity contribution in [3.05, 3.63) is 235 Å². The highest BCUT2D eigenvalue weighted by molar-refractivity contribution is 6.06. The molecule has 0 N–H and O–H groups in total. The molecular weight excluding hydrogens is 715 g/mol. The van der Waals surface area contributed by atoms with E-state index in [2.05, 4.69) is 188 Å². The average Bonchev–Trinajstić information content (AvgIpc) is 3.57. The fourth-order valence-corrected chi connectivity index (χ4v) is 9.79. The van der Waals surface area contributed by atoms with Crippen molar-refractivity contribution in [2.24, 2.45) is 0 Å². The number of aromatic nitrogens is 3. The van der Waals surface area contributed by atoms with Crippen LogP contribution in [0.1, 0.15) is 22.3 Å². The normalized spacial score (nSPS) is 14.5. The number of nitrogens with zero attached hydrogens (tertiary/aromatic N) is 3. The van der Waals surface area contributed by atoms with E-state index in [1.165, 1.54) is 72.0 Å². The molecule has 2 aliphatic carbocycles. The molecular formula is C56H35N3. The number of hydrogen-bond acceptors (Lipinski definition) is 3. The summed E-state index contributed by atoms with van der Waals surface area (Å²) in [5, 5.41) is 2.50. The standard InChI is InChI=1S/C56H35N3/c1-3-15-36(16-4-1)37-27-29-40(30-28-37)54-57-53(39-18-5-2-6-19-39)58-55(59-54)41-31-33-46-44-22-10-9-21-43(44)45-23-11-13-25-48(45)56(51(46)35-41)49-26-14-12-24-47(49)52-42-20-8-7-17-38(42)32-34-50(52)56/h1-35H. The number of rotatable bonds is 4. The first-order chi connectivity index (χ1) is 29.3. The Morgan fingerprint density at radius 2 is 0.729 bits per heavy atom. The third kappa shape index (κ3) is 5.05. The lowest BCUT2D eigenvalue weighted by Gasteiger charge is -2.35. The van der Waals surface area contributed by atoms with Crippen molar-refractivity contribution in [1.29, 1.82) is 0 Å². The Hall–Kier alpha value is -7.75. The maximum absolute atomic E-state index is 5.29. The van der Waals surface area contributed by atoms with Crippen LogP contribution in [0, 0.1) is 0 Å². The third-order valence-electron chi connectivity index (χ3n) is 12.4. The van der Waals surface area contributed by atoms with Gasteiger partial charge in [0, 0.05) is 16.7 Å². The van der Waals surface area contributed by atoms with Crippen molar-refractivity contribution < 1.29 is 0 Å². The van der Waals surface area contributed by atoms with Crippen LogP contribution in [-0.4, -0.2) is 15.0 Å². The molecule has 1 atom stereocenters. The zero-order chi connectivity index (χ0) is 38.9. The second kappa shape index (κ2) is 13.2. The van der Waals surface area contributed by atoms with Crippen LogP contribution in [0.4, 0.5) is 0 Å². The van der Waals surface area contributed by atoms with Gasteiger partial charge in [-0.1, -0.05) is 206 Å². The highest BCUT2D eigenvalue weighted by Gasteiger charge is 2.50. The van der Waals surface area contributed by atoms with Crippen LogP contribution >= 0.6 is 0 Å². The zero-order valence-corrected chi connectivity index (χ0v) is 32.0. The van der Waals surface area contributed by atoms with Gasteiger partial charge in [-0.25, -0.2) is 15.0 Å². The molecule has 12 rings (SSSR count). The molecule has 0 aliphatic heterocycles. The molecule has 274 valence electrons. The minimum absolute atomic E-state index is 0.634. The molecule has 0 saturated heterocycles. The molecule has 3 nitrogen and oxygen atoms in total. The van der Waals surface area contributed by atoms with Gasteiger partial charge in [0.25, 0.3) is 0 Å². The van der Waals surface area contributed by atoms with Crippen molar-refractivity contribution in [3.63, 3.8) is 0 Å². The van der Waals surface area contributed by atoms with Crippen molar-refractivity contribution in [2.45, 2.75) is 5.41 Å². The van der Waals surface area contributed by atoms with Crippen molar-refractivity contribution in [3.8, 4) is 78.7 Å². The maximum atomic E-state index is 5.29. The molecule has 1 aromatic heterocycles. The van der Waals surface area contributed by atoms with E-state index in [1.54, 1.807) is 0 Å². The van der Waals surface area contributed by atoms with E-state index in [9.17, 15) is 0 Å². The summed E-state index contributed by atoms with van der Waals surface area (Å²) in [5.41, 5.74) is 17.0. The molecule has 59 heavy (non-hydrogen) atoms. The summed E-state index contributed by atoms with van der Waals surface area (Å²) >= 11 is 0. The minimum Gasteiger partial charge on any atom is -0.208 e. The third-order valence-corrected chi connectivity index (χ3v) is 12.4. The molecule has 1 unspecified atom stereocenters. The molecule has 3 heteroatoms. The highest BCUT2D eigenvalue weighted by Crippen LogP contribution is 2.62. The fourth-order valence-electron chi connectivity index (χ4n) is 9.79. The predicted octanol–water partition coefficient (Wildman–Crippen LogP) is 13.7. The largest absolute Gasteiger partial charge is 0.208 e. The predicted molar refractivity (Wildman–Crippen MR) is 241 cm³/mol. The summed E-state index contributed by atoms with van der Waals surface area (Å²) < 4.78 is 0. The lowest BCUT2D eigenvalue weighted by atomic mass is 9.65. The van der Waals surface area contributed by atoms with Gasteiger partial charge in [-0.15, -0.1) is 0 Å². The van der Waals surface area contributed by atoms with Gasteiger partial charge in [0.2, 0.25) is 0 Å². The molecule has 0 radical (unpaired) electrons. The molecule has 0 fully saturated rings. The molecule has 9 aromatic carbocycles. The first-order valence-electron chi connectivity index (χ1n) is 20.2. The Labute approximate surface area is 343 Å². The van der Waals surface area contributed by atoms with E-state index in [4.69, 9.17) is 15.0 Å². The van der Waals surface area contributed by atoms with Crippen LogP contribution in [0.15, 0.2) is 212 Å². The Morgan fingerprint density at radius 1 is 0.271 bits per heavy atom. The second-order valence-electron chi connectivity index (χ2n) is 15.5. The maximum Gasteiger partial charge on any atom is 0.164 e. The SMILES string of the molecule is c1ccc(-c2ccc(-c3nc(-c4ccccc4)nc(-c4ccc5c(c4)C4(c6ccccc6-c6ccccc6-5)c5ccccc5-c5c4ccc4ccccc54)n3)cc2)cc1. The van der Waals surface area contributed by atoms with Gasteiger partial charge >= 0.3 is 0 Å². The van der Waals surface area contributed by atoms with E-state index in [1.807, 2.05) is 24.3 Å². The Kier molecular flexibility index (Phi) is 7.45. The molecule has 0 bridgehead atoms. The molecule has 0 saturated carbocycles.